The van der Waals surface area contributed by atoms with E-state index in [2.05, 4.69) is 16.9 Å². The first-order valence-corrected chi connectivity index (χ1v) is 5.89. The molecule has 3 nitrogen and oxygen atoms in total. The predicted octanol–water partition coefficient (Wildman–Crippen LogP) is 3.59. The van der Waals surface area contributed by atoms with Crippen LogP contribution in [0.2, 0.25) is 5.28 Å². The van der Waals surface area contributed by atoms with Crippen molar-refractivity contribution in [1.82, 2.24) is 9.97 Å². The molecular weight excluding hydrogens is 236 g/mol. The molecule has 17 heavy (non-hydrogen) atoms. The first kappa shape index (κ1) is 11.9. The maximum absolute atomic E-state index is 5.75. The smallest absolute Gasteiger partial charge is 0.222 e. The summed E-state index contributed by atoms with van der Waals surface area (Å²) in [6.45, 7) is 2.82. The normalized spacial score (nSPS) is 10.2. The van der Waals surface area contributed by atoms with E-state index in [0.29, 0.717) is 0 Å². The highest BCUT2D eigenvalue weighted by Gasteiger charge is 2.01. The summed E-state index contributed by atoms with van der Waals surface area (Å²) in [6.07, 6.45) is 2.65. The maximum Gasteiger partial charge on any atom is 0.222 e. The minimum Gasteiger partial charge on any atom is -0.494 e. The highest BCUT2D eigenvalue weighted by atomic mass is 35.5. The largest absolute Gasteiger partial charge is 0.494 e. The zero-order chi connectivity index (χ0) is 12.1. The molecule has 0 bridgehead atoms. The lowest BCUT2D eigenvalue weighted by Gasteiger charge is -2.05. The Kier molecular flexibility index (Phi) is 3.94. The van der Waals surface area contributed by atoms with Crippen LogP contribution < -0.4 is 4.74 Å². The number of aromatic nitrogens is 2. The molecule has 88 valence electrons. The average molecular weight is 249 g/mol. The standard InChI is InChI=1S/C13H13ClN2O/c1-2-9-17-11-5-3-10(4-6-11)12-7-8-15-13(14)16-12/h3-8H,2,9H2,1H3. The van der Waals surface area contributed by atoms with Crippen molar-refractivity contribution in [3.63, 3.8) is 0 Å². The van der Waals surface area contributed by atoms with E-state index in [1.54, 1.807) is 6.20 Å². The Morgan fingerprint density at radius 2 is 1.94 bits per heavy atom. The zero-order valence-corrected chi connectivity index (χ0v) is 10.3. The van der Waals surface area contributed by atoms with E-state index >= 15 is 0 Å². The van der Waals surface area contributed by atoms with Gasteiger partial charge in [0.25, 0.3) is 0 Å². The van der Waals surface area contributed by atoms with Crippen LogP contribution in [0.1, 0.15) is 13.3 Å². The molecule has 2 rings (SSSR count). The first-order valence-electron chi connectivity index (χ1n) is 5.51. The van der Waals surface area contributed by atoms with Crippen LogP contribution in [-0.4, -0.2) is 16.6 Å². The second-order valence-corrected chi connectivity index (χ2v) is 3.92. The minimum atomic E-state index is 0.258. The van der Waals surface area contributed by atoms with Gasteiger partial charge < -0.3 is 4.74 Å². The van der Waals surface area contributed by atoms with Gasteiger partial charge in [0, 0.05) is 11.8 Å². The monoisotopic (exact) mass is 248 g/mol. The summed E-state index contributed by atoms with van der Waals surface area (Å²) in [5.74, 6) is 0.871. The van der Waals surface area contributed by atoms with E-state index < -0.39 is 0 Å². The first-order chi connectivity index (χ1) is 8.29. The van der Waals surface area contributed by atoms with Crippen LogP contribution in [0, 0.1) is 0 Å². The number of nitrogens with zero attached hydrogens (tertiary/aromatic N) is 2. The predicted molar refractivity (Wildman–Crippen MR) is 68.3 cm³/mol. The molecule has 1 aromatic carbocycles. The molecule has 0 amide bonds. The minimum absolute atomic E-state index is 0.258. The van der Waals surface area contributed by atoms with E-state index in [1.807, 2.05) is 30.3 Å². The van der Waals surface area contributed by atoms with E-state index in [9.17, 15) is 0 Å². The Morgan fingerprint density at radius 1 is 1.18 bits per heavy atom. The highest BCUT2D eigenvalue weighted by Crippen LogP contribution is 2.21. The van der Waals surface area contributed by atoms with E-state index in [1.165, 1.54) is 0 Å². The molecule has 0 saturated heterocycles. The number of ether oxygens (including phenoxy) is 1. The van der Waals surface area contributed by atoms with Crippen molar-refractivity contribution < 1.29 is 4.74 Å². The molecule has 0 saturated carbocycles. The van der Waals surface area contributed by atoms with Crippen LogP contribution in [0.25, 0.3) is 11.3 Å². The van der Waals surface area contributed by atoms with Gasteiger partial charge in [0.15, 0.2) is 0 Å². The van der Waals surface area contributed by atoms with E-state index in [4.69, 9.17) is 16.3 Å². The van der Waals surface area contributed by atoms with Gasteiger partial charge in [-0.25, -0.2) is 9.97 Å². The molecular formula is C13H13ClN2O. The molecule has 0 radical (unpaired) electrons. The lowest BCUT2D eigenvalue weighted by molar-refractivity contribution is 0.317. The Labute approximate surface area is 105 Å². The molecule has 0 fully saturated rings. The number of hydrogen-bond donors (Lipinski definition) is 0. The van der Waals surface area contributed by atoms with Gasteiger partial charge >= 0.3 is 0 Å². The summed E-state index contributed by atoms with van der Waals surface area (Å²) in [4.78, 5) is 8.00. The third-order valence-corrected chi connectivity index (χ3v) is 2.43. The molecule has 1 heterocycles. The van der Waals surface area contributed by atoms with Gasteiger partial charge in [-0.15, -0.1) is 0 Å². The zero-order valence-electron chi connectivity index (χ0n) is 9.56. The number of hydrogen-bond acceptors (Lipinski definition) is 3. The quantitative estimate of drug-likeness (QED) is 0.776. The van der Waals surface area contributed by atoms with Crippen LogP contribution in [0.5, 0.6) is 5.75 Å². The van der Waals surface area contributed by atoms with Gasteiger partial charge in [-0.2, -0.15) is 0 Å². The van der Waals surface area contributed by atoms with Crippen molar-refractivity contribution in [3.05, 3.63) is 41.8 Å². The molecule has 0 atom stereocenters. The van der Waals surface area contributed by atoms with Gasteiger partial charge in [-0.3, -0.25) is 0 Å². The molecule has 2 aromatic rings. The molecule has 0 aliphatic rings. The fourth-order valence-corrected chi connectivity index (χ4v) is 1.58. The molecule has 0 aliphatic carbocycles. The summed E-state index contributed by atoms with van der Waals surface area (Å²) in [7, 11) is 0. The van der Waals surface area contributed by atoms with Gasteiger partial charge in [0.05, 0.1) is 12.3 Å². The van der Waals surface area contributed by atoms with E-state index in [-0.39, 0.29) is 5.28 Å². The summed E-state index contributed by atoms with van der Waals surface area (Å²) in [5, 5.41) is 0.258. The van der Waals surface area contributed by atoms with Crippen molar-refractivity contribution >= 4 is 11.6 Å². The Bertz CT molecular complexity index is 485. The fraction of sp³-hybridized carbons (Fsp3) is 0.231. The molecule has 0 N–H and O–H groups in total. The topological polar surface area (TPSA) is 35.0 Å². The van der Waals surface area contributed by atoms with Crippen molar-refractivity contribution in [2.24, 2.45) is 0 Å². The summed E-state index contributed by atoms with van der Waals surface area (Å²) < 4.78 is 5.51. The second-order valence-electron chi connectivity index (χ2n) is 3.58. The third kappa shape index (κ3) is 3.17. The Morgan fingerprint density at radius 3 is 2.59 bits per heavy atom. The number of benzene rings is 1. The van der Waals surface area contributed by atoms with Crippen molar-refractivity contribution in [2.45, 2.75) is 13.3 Å². The summed E-state index contributed by atoms with van der Waals surface area (Å²) in [6, 6.07) is 9.61. The van der Waals surface area contributed by atoms with Gasteiger partial charge in [-0.1, -0.05) is 6.92 Å². The molecule has 4 heteroatoms. The summed E-state index contributed by atoms with van der Waals surface area (Å²) in [5.41, 5.74) is 1.81. The molecule has 0 unspecified atom stereocenters. The Hall–Kier alpha value is -1.61. The van der Waals surface area contributed by atoms with Crippen molar-refractivity contribution in [3.8, 4) is 17.0 Å². The Balaban J connectivity index is 2.17. The van der Waals surface area contributed by atoms with Crippen LogP contribution in [0.15, 0.2) is 36.5 Å². The third-order valence-electron chi connectivity index (χ3n) is 2.25. The average Bonchev–Trinajstić information content (AvgIpc) is 2.37. The van der Waals surface area contributed by atoms with Gasteiger partial charge in [0.2, 0.25) is 5.28 Å². The summed E-state index contributed by atoms with van der Waals surface area (Å²) >= 11 is 5.75. The number of rotatable bonds is 4. The molecule has 1 aromatic heterocycles. The fourth-order valence-electron chi connectivity index (χ4n) is 1.44. The molecule has 0 aliphatic heterocycles. The van der Waals surface area contributed by atoms with Gasteiger partial charge in [0.1, 0.15) is 5.75 Å². The maximum atomic E-state index is 5.75. The van der Waals surface area contributed by atoms with Crippen LogP contribution in [0.4, 0.5) is 0 Å². The lowest BCUT2D eigenvalue weighted by Crippen LogP contribution is -1.94. The van der Waals surface area contributed by atoms with Crippen LogP contribution in [0.3, 0.4) is 0 Å². The highest BCUT2D eigenvalue weighted by molar-refractivity contribution is 6.28. The molecule has 0 spiro atoms. The van der Waals surface area contributed by atoms with Crippen LogP contribution in [-0.2, 0) is 0 Å². The SMILES string of the molecule is CCCOc1ccc(-c2ccnc(Cl)n2)cc1. The van der Waals surface area contributed by atoms with Crippen LogP contribution >= 0.6 is 11.6 Å². The second kappa shape index (κ2) is 5.64. The lowest BCUT2D eigenvalue weighted by atomic mass is 10.1. The number of halogens is 1. The van der Waals surface area contributed by atoms with E-state index in [0.717, 1.165) is 30.0 Å². The van der Waals surface area contributed by atoms with Crippen molar-refractivity contribution in [2.75, 3.05) is 6.61 Å². The van der Waals surface area contributed by atoms with Crippen molar-refractivity contribution in [1.29, 1.82) is 0 Å². The van der Waals surface area contributed by atoms with Gasteiger partial charge in [-0.05, 0) is 48.4 Å².